The van der Waals surface area contributed by atoms with E-state index in [1.807, 2.05) is 37.3 Å². The van der Waals surface area contributed by atoms with Crippen molar-refractivity contribution in [3.05, 3.63) is 48.6 Å². The smallest absolute Gasteiger partial charge is 0.256 e. The molecule has 0 radical (unpaired) electrons. The number of hydrogen-bond acceptors (Lipinski definition) is 2. The zero-order valence-electron chi connectivity index (χ0n) is 9.59. The van der Waals surface area contributed by atoms with Gasteiger partial charge < -0.3 is 5.32 Å². The van der Waals surface area contributed by atoms with E-state index in [0.717, 1.165) is 5.56 Å². The molecule has 2 rings (SSSR count). The predicted molar refractivity (Wildman–Crippen MR) is 71.4 cm³/mol. The van der Waals surface area contributed by atoms with Gasteiger partial charge in [-0.1, -0.05) is 36.4 Å². The lowest BCUT2D eigenvalue weighted by Crippen LogP contribution is -2.37. The molecule has 0 bridgehead atoms. The quantitative estimate of drug-likeness (QED) is 0.654. The lowest BCUT2D eigenvalue weighted by atomic mass is 10.1. The standard InChI is InChI=1S/C13H14N2OS/c1-3-9(2)15-12(16)11(14-13(15)17)10-7-5-4-6-8-10/h3-9,11H,1H2,2H3,(H,14,17)/t9?,11-/m1/s1. The summed E-state index contributed by atoms with van der Waals surface area (Å²) in [6, 6.07) is 9.12. The van der Waals surface area contributed by atoms with E-state index >= 15 is 0 Å². The molecular formula is C13H14N2OS. The molecule has 0 aliphatic carbocycles. The zero-order chi connectivity index (χ0) is 12.4. The Kier molecular flexibility index (Phi) is 3.24. The van der Waals surface area contributed by atoms with Crippen LogP contribution in [-0.2, 0) is 4.79 Å². The zero-order valence-corrected chi connectivity index (χ0v) is 10.4. The first-order valence-electron chi connectivity index (χ1n) is 5.46. The van der Waals surface area contributed by atoms with Gasteiger partial charge in [0, 0.05) is 0 Å². The second-order valence-corrected chi connectivity index (χ2v) is 4.36. The van der Waals surface area contributed by atoms with Crippen molar-refractivity contribution < 1.29 is 4.79 Å². The third-order valence-corrected chi connectivity index (χ3v) is 3.17. The van der Waals surface area contributed by atoms with Crippen molar-refractivity contribution in [3.8, 4) is 0 Å². The molecule has 1 heterocycles. The molecule has 1 aliphatic heterocycles. The molecule has 2 atom stereocenters. The SMILES string of the molecule is C=CC(C)N1C(=O)[C@@H](c2ccccc2)NC1=S. The van der Waals surface area contributed by atoms with Crippen molar-refractivity contribution in [2.75, 3.05) is 0 Å². The Morgan fingerprint density at radius 3 is 2.71 bits per heavy atom. The van der Waals surface area contributed by atoms with E-state index in [1.165, 1.54) is 0 Å². The van der Waals surface area contributed by atoms with Gasteiger partial charge in [-0.3, -0.25) is 9.69 Å². The maximum atomic E-state index is 12.2. The number of nitrogens with one attached hydrogen (secondary N) is 1. The van der Waals surface area contributed by atoms with E-state index in [-0.39, 0.29) is 18.0 Å². The summed E-state index contributed by atoms with van der Waals surface area (Å²) in [5.74, 6) is -0.0198. The highest BCUT2D eigenvalue weighted by molar-refractivity contribution is 7.80. The fourth-order valence-corrected chi connectivity index (χ4v) is 2.23. The lowest BCUT2D eigenvalue weighted by molar-refractivity contribution is -0.127. The van der Waals surface area contributed by atoms with Gasteiger partial charge >= 0.3 is 0 Å². The second kappa shape index (κ2) is 4.67. The average molecular weight is 246 g/mol. The molecule has 0 saturated carbocycles. The van der Waals surface area contributed by atoms with Crippen molar-refractivity contribution in [2.45, 2.75) is 19.0 Å². The first kappa shape index (κ1) is 11.8. The summed E-state index contributed by atoms with van der Waals surface area (Å²) in [4.78, 5) is 13.8. The van der Waals surface area contributed by atoms with Gasteiger partial charge in [-0.15, -0.1) is 6.58 Å². The van der Waals surface area contributed by atoms with Gasteiger partial charge in [0.25, 0.3) is 5.91 Å². The van der Waals surface area contributed by atoms with Gasteiger partial charge in [-0.25, -0.2) is 0 Å². The summed E-state index contributed by atoms with van der Waals surface area (Å²) in [7, 11) is 0. The van der Waals surface area contributed by atoms with Crippen LogP contribution in [0.2, 0.25) is 0 Å². The topological polar surface area (TPSA) is 32.3 Å². The summed E-state index contributed by atoms with van der Waals surface area (Å²) >= 11 is 5.18. The van der Waals surface area contributed by atoms with Crippen LogP contribution in [0.3, 0.4) is 0 Å². The van der Waals surface area contributed by atoms with Crippen molar-refractivity contribution in [1.82, 2.24) is 10.2 Å². The van der Waals surface area contributed by atoms with Gasteiger partial charge in [-0.2, -0.15) is 0 Å². The van der Waals surface area contributed by atoms with Crippen molar-refractivity contribution in [1.29, 1.82) is 0 Å². The van der Waals surface area contributed by atoms with Crippen LogP contribution in [0.1, 0.15) is 18.5 Å². The summed E-state index contributed by atoms with van der Waals surface area (Å²) in [5.41, 5.74) is 0.929. The van der Waals surface area contributed by atoms with Gasteiger partial charge in [0.1, 0.15) is 6.04 Å². The second-order valence-electron chi connectivity index (χ2n) is 3.98. The van der Waals surface area contributed by atoms with Crippen LogP contribution in [0.5, 0.6) is 0 Å². The molecule has 1 amide bonds. The normalized spacial score (nSPS) is 21.2. The van der Waals surface area contributed by atoms with Crippen molar-refractivity contribution >= 4 is 23.2 Å². The van der Waals surface area contributed by atoms with Gasteiger partial charge in [-0.05, 0) is 24.7 Å². The van der Waals surface area contributed by atoms with Crippen LogP contribution in [-0.4, -0.2) is 22.0 Å². The highest BCUT2D eigenvalue weighted by atomic mass is 32.1. The van der Waals surface area contributed by atoms with Gasteiger partial charge in [0.2, 0.25) is 0 Å². The Hall–Kier alpha value is -1.68. The van der Waals surface area contributed by atoms with E-state index in [0.29, 0.717) is 5.11 Å². The number of carbonyl (C=O) groups is 1. The highest BCUT2D eigenvalue weighted by Crippen LogP contribution is 2.23. The molecule has 1 N–H and O–H groups in total. The minimum absolute atomic E-state index is 0.0198. The molecule has 17 heavy (non-hydrogen) atoms. The van der Waals surface area contributed by atoms with Crippen LogP contribution in [0.25, 0.3) is 0 Å². The number of rotatable bonds is 3. The fourth-order valence-electron chi connectivity index (χ4n) is 1.86. The number of hydrogen-bond donors (Lipinski definition) is 1. The average Bonchev–Trinajstić information content (AvgIpc) is 2.65. The third-order valence-electron chi connectivity index (χ3n) is 2.85. The Balaban J connectivity index is 2.28. The van der Waals surface area contributed by atoms with E-state index < -0.39 is 0 Å². The van der Waals surface area contributed by atoms with Crippen LogP contribution < -0.4 is 5.32 Å². The van der Waals surface area contributed by atoms with Crippen LogP contribution in [0, 0.1) is 0 Å². The molecule has 1 aliphatic rings. The maximum absolute atomic E-state index is 12.2. The summed E-state index contributed by atoms with van der Waals surface area (Å²) in [6.45, 7) is 5.59. The molecule has 4 heteroatoms. The predicted octanol–water partition coefficient (Wildman–Crippen LogP) is 2.02. The molecule has 3 nitrogen and oxygen atoms in total. The number of benzene rings is 1. The van der Waals surface area contributed by atoms with E-state index in [2.05, 4.69) is 11.9 Å². The number of nitrogens with zero attached hydrogens (tertiary/aromatic N) is 1. The minimum atomic E-state index is -0.369. The monoisotopic (exact) mass is 246 g/mol. The van der Waals surface area contributed by atoms with Crippen molar-refractivity contribution in [2.24, 2.45) is 0 Å². The molecule has 0 spiro atoms. The minimum Gasteiger partial charge on any atom is -0.347 e. The van der Waals surface area contributed by atoms with E-state index in [1.54, 1.807) is 11.0 Å². The molecular weight excluding hydrogens is 232 g/mol. The Labute approximate surface area is 106 Å². The van der Waals surface area contributed by atoms with E-state index in [9.17, 15) is 4.79 Å². The lowest BCUT2D eigenvalue weighted by Gasteiger charge is -2.19. The van der Waals surface area contributed by atoms with Crippen LogP contribution in [0.4, 0.5) is 0 Å². The molecule has 1 unspecified atom stereocenters. The summed E-state index contributed by atoms with van der Waals surface area (Å²) < 4.78 is 0. The third kappa shape index (κ3) is 2.08. The van der Waals surface area contributed by atoms with E-state index in [4.69, 9.17) is 12.2 Å². The number of amides is 1. The molecule has 1 aromatic carbocycles. The molecule has 1 saturated heterocycles. The molecule has 1 aromatic rings. The Morgan fingerprint density at radius 2 is 2.12 bits per heavy atom. The first-order chi connectivity index (χ1) is 8.15. The number of carbonyl (C=O) groups excluding carboxylic acids is 1. The molecule has 1 fully saturated rings. The molecule has 88 valence electrons. The molecule has 0 aromatic heterocycles. The van der Waals surface area contributed by atoms with Crippen LogP contribution >= 0.6 is 12.2 Å². The largest absolute Gasteiger partial charge is 0.347 e. The maximum Gasteiger partial charge on any atom is 0.256 e. The first-order valence-corrected chi connectivity index (χ1v) is 5.87. The van der Waals surface area contributed by atoms with Crippen molar-refractivity contribution in [3.63, 3.8) is 0 Å². The highest BCUT2D eigenvalue weighted by Gasteiger charge is 2.37. The van der Waals surface area contributed by atoms with Gasteiger partial charge in [0.05, 0.1) is 6.04 Å². The Bertz CT molecular complexity index is 458. The summed E-state index contributed by atoms with van der Waals surface area (Å²) in [6.07, 6.45) is 1.71. The van der Waals surface area contributed by atoms with Crippen LogP contribution in [0.15, 0.2) is 43.0 Å². The Morgan fingerprint density at radius 1 is 1.47 bits per heavy atom. The summed E-state index contributed by atoms with van der Waals surface area (Å²) in [5, 5.41) is 3.51. The fraction of sp³-hybridized carbons (Fsp3) is 0.231. The van der Waals surface area contributed by atoms with Gasteiger partial charge in [0.15, 0.2) is 5.11 Å². The number of thiocarbonyl (C=S) groups is 1.